The molecule has 1 aliphatic heterocycles. The standard InChI is InChI=1S/C26H28FN5O4/c1-17(18-5-3-2-4-6-18)35-26(34)30-24-22(27)16-29-32(24)20-9-10-23(28-15-20)31-13-11-21(12-14-31)36-25(33)19-7-8-19/h2-6,9-10,15-17,19,21H,7-8,11-14H2,1H3,(H,30,34). The average Bonchev–Trinajstić information content (AvgIpc) is 3.69. The van der Waals surface area contributed by atoms with E-state index in [-0.39, 0.29) is 23.8 Å². The van der Waals surface area contributed by atoms with Gasteiger partial charge in [0.2, 0.25) is 0 Å². The molecule has 0 radical (unpaired) electrons. The van der Waals surface area contributed by atoms with Crippen LogP contribution in [0.3, 0.4) is 0 Å². The zero-order chi connectivity index (χ0) is 25.1. The predicted molar refractivity (Wildman–Crippen MR) is 130 cm³/mol. The SMILES string of the molecule is CC(OC(=O)Nc1c(F)cnn1-c1ccc(N2CCC(OC(=O)C3CC3)CC2)nc1)c1ccccc1. The van der Waals surface area contributed by atoms with Crippen LogP contribution in [0, 0.1) is 11.7 Å². The lowest BCUT2D eigenvalue weighted by Gasteiger charge is -2.32. The van der Waals surface area contributed by atoms with Crippen molar-refractivity contribution in [1.82, 2.24) is 14.8 Å². The third-order valence-electron chi connectivity index (χ3n) is 6.43. The summed E-state index contributed by atoms with van der Waals surface area (Å²) in [5.74, 6) is -0.00802. The summed E-state index contributed by atoms with van der Waals surface area (Å²) in [6.45, 7) is 3.19. The van der Waals surface area contributed by atoms with Crippen LogP contribution in [0.1, 0.15) is 44.3 Å². The van der Waals surface area contributed by atoms with Crippen LogP contribution in [0.4, 0.5) is 20.8 Å². The summed E-state index contributed by atoms with van der Waals surface area (Å²) < 4.78 is 26.7. The lowest BCUT2D eigenvalue weighted by Crippen LogP contribution is -2.38. The van der Waals surface area contributed by atoms with E-state index < -0.39 is 18.0 Å². The fourth-order valence-electron chi connectivity index (χ4n) is 4.19. The highest BCUT2D eigenvalue weighted by Crippen LogP contribution is 2.32. The molecule has 3 heterocycles. The van der Waals surface area contributed by atoms with Gasteiger partial charge in [-0.25, -0.2) is 18.9 Å². The first-order chi connectivity index (χ1) is 17.5. The summed E-state index contributed by atoms with van der Waals surface area (Å²) in [4.78, 5) is 31.0. The number of benzene rings is 1. The lowest BCUT2D eigenvalue weighted by atomic mass is 10.1. The minimum Gasteiger partial charge on any atom is -0.462 e. The number of esters is 1. The van der Waals surface area contributed by atoms with E-state index in [2.05, 4.69) is 20.3 Å². The fourth-order valence-corrected chi connectivity index (χ4v) is 4.19. The average molecular weight is 494 g/mol. The number of amides is 1. The van der Waals surface area contributed by atoms with Gasteiger partial charge < -0.3 is 14.4 Å². The van der Waals surface area contributed by atoms with Crippen molar-refractivity contribution in [3.8, 4) is 5.69 Å². The third-order valence-corrected chi connectivity index (χ3v) is 6.43. The highest BCUT2D eigenvalue weighted by atomic mass is 19.1. The van der Waals surface area contributed by atoms with E-state index in [0.717, 1.165) is 56.4 Å². The molecule has 1 saturated heterocycles. The van der Waals surface area contributed by atoms with Gasteiger partial charge in [-0.1, -0.05) is 30.3 Å². The van der Waals surface area contributed by atoms with Gasteiger partial charge >= 0.3 is 12.1 Å². The molecule has 1 amide bonds. The summed E-state index contributed by atoms with van der Waals surface area (Å²) in [7, 11) is 0. The minimum atomic E-state index is -0.790. The van der Waals surface area contributed by atoms with Gasteiger partial charge in [-0.05, 0) is 37.5 Å². The first-order valence-corrected chi connectivity index (χ1v) is 12.2. The summed E-state index contributed by atoms with van der Waals surface area (Å²) >= 11 is 0. The Morgan fingerprint density at radius 1 is 1.06 bits per heavy atom. The largest absolute Gasteiger partial charge is 0.462 e. The highest BCUT2D eigenvalue weighted by molar-refractivity contribution is 5.84. The normalized spacial score (nSPS) is 16.9. The van der Waals surface area contributed by atoms with Crippen molar-refractivity contribution < 1.29 is 23.5 Å². The number of carbonyl (C=O) groups excluding carboxylic acids is 2. The maximum atomic E-state index is 14.4. The topological polar surface area (TPSA) is 98.6 Å². The van der Waals surface area contributed by atoms with Crippen LogP contribution in [0.15, 0.2) is 54.9 Å². The molecule has 188 valence electrons. The van der Waals surface area contributed by atoms with Gasteiger partial charge in [0.15, 0.2) is 11.6 Å². The third kappa shape index (κ3) is 5.48. The Bertz CT molecular complexity index is 1200. The van der Waals surface area contributed by atoms with Crippen molar-refractivity contribution in [3.63, 3.8) is 0 Å². The van der Waals surface area contributed by atoms with Crippen molar-refractivity contribution in [2.24, 2.45) is 5.92 Å². The van der Waals surface area contributed by atoms with Crippen LogP contribution in [0.25, 0.3) is 5.69 Å². The minimum absolute atomic E-state index is 0.0429. The molecule has 2 fully saturated rings. The number of pyridine rings is 1. The van der Waals surface area contributed by atoms with Crippen LogP contribution in [-0.2, 0) is 14.3 Å². The number of aromatic nitrogens is 3. The zero-order valence-corrected chi connectivity index (χ0v) is 20.0. The Morgan fingerprint density at radius 2 is 1.81 bits per heavy atom. The van der Waals surface area contributed by atoms with E-state index in [1.54, 1.807) is 19.2 Å². The second-order valence-corrected chi connectivity index (χ2v) is 9.11. The van der Waals surface area contributed by atoms with Gasteiger partial charge in [0.1, 0.15) is 18.0 Å². The van der Waals surface area contributed by atoms with Gasteiger partial charge in [-0.2, -0.15) is 5.10 Å². The van der Waals surface area contributed by atoms with Crippen LogP contribution < -0.4 is 10.2 Å². The molecule has 1 unspecified atom stereocenters. The van der Waals surface area contributed by atoms with Crippen molar-refractivity contribution >= 4 is 23.7 Å². The summed E-state index contributed by atoms with van der Waals surface area (Å²) in [5.41, 5.74) is 1.31. The molecular formula is C26H28FN5O4. The molecule has 5 rings (SSSR count). The maximum absolute atomic E-state index is 14.4. The number of hydrogen-bond acceptors (Lipinski definition) is 7. The molecule has 2 aliphatic rings. The number of hydrogen-bond donors (Lipinski definition) is 1. The molecule has 1 aromatic carbocycles. The monoisotopic (exact) mass is 493 g/mol. The Balaban J connectivity index is 1.19. The van der Waals surface area contributed by atoms with E-state index in [4.69, 9.17) is 9.47 Å². The van der Waals surface area contributed by atoms with E-state index in [9.17, 15) is 14.0 Å². The zero-order valence-electron chi connectivity index (χ0n) is 20.0. The van der Waals surface area contributed by atoms with Crippen LogP contribution in [-0.4, -0.2) is 46.0 Å². The molecule has 10 heteroatoms. The molecule has 3 aromatic rings. The quantitative estimate of drug-likeness (QED) is 0.479. The van der Waals surface area contributed by atoms with Crippen molar-refractivity contribution in [3.05, 3.63) is 66.2 Å². The Hall–Kier alpha value is -3.95. The van der Waals surface area contributed by atoms with E-state index >= 15 is 0 Å². The second kappa shape index (κ2) is 10.3. The van der Waals surface area contributed by atoms with E-state index in [1.807, 2.05) is 36.4 Å². The lowest BCUT2D eigenvalue weighted by molar-refractivity contribution is -0.151. The molecule has 0 bridgehead atoms. The number of ether oxygens (including phenoxy) is 2. The number of anilines is 2. The number of piperidine rings is 1. The van der Waals surface area contributed by atoms with Crippen LogP contribution >= 0.6 is 0 Å². The first-order valence-electron chi connectivity index (χ1n) is 12.2. The number of nitrogens with one attached hydrogen (secondary N) is 1. The predicted octanol–water partition coefficient (Wildman–Crippen LogP) is 4.64. The second-order valence-electron chi connectivity index (χ2n) is 9.11. The number of halogens is 1. The van der Waals surface area contributed by atoms with Gasteiger partial charge in [-0.3, -0.25) is 10.1 Å². The molecule has 0 spiro atoms. The van der Waals surface area contributed by atoms with Gasteiger partial charge in [0.25, 0.3) is 0 Å². The smallest absolute Gasteiger partial charge is 0.413 e. The van der Waals surface area contributed by atoms with Gasteiger partial charge in [0.05, 0.1) is 24.0 Å². The Morgan fingerprint density at radius 3 is 2.47 bits per heavy atom. The molecule has 2 aromatic heterocycles. The summed E-state index contributed by atoms with van der Waals surface area (Å²) in [5, 5.41) is 6.50. The highest BCUT2D eigenvalue weighted by Gasteiger charge is 2.33. The molecular weight excluding hydrogens is 465 g/mol. The van der Waals surface area contributed by atoms with E-state index in [0.29, 0.717) is 5.69 Å². The van der Waals surface area contributed by atoms with Crippen LogP contribution in [0.2, 0.25) is 0 Å². The fraction of sp³-hybridized carbons (Fsp3) is 0.385. The molecule has 1 atom stereocenters. The van der Waals surface area contributed by atoms with Crippen molar-refractivity contribution in [1.29, 1.82) is 0 Å². The number of carbonyl (C=O) groups is 2. The molecule has 9 nitrogen and oxygen atoms in total. The Labute approximate surface area is 208 Å². The number of nitrogens with zero attached hydrogens (tertiary/aromatic N) is 4. The Kier molecular flexibility index (Phi) is 6.84. The maximum Gasteiger partial charge on any atom is 0.413 e. The van der Waals surface area contributed by atoms with Crippen molar-refractivity contribution in [2.45, 2.75) is 44.8 Å². The number of rotatable bonds is 7. The molecule has 1 aliphatic carbocycles. The van der Waals surface area contributed by atoms with Gasteiger partial charge in [-0.15, -0.1) is 0 Å². The molecule has 1 saturated carbocycles. The summed E-state index contributed by atoms with van der Waals surface area (Å²) in [6, 6.07) is 12.9. The van der Waals surface area contributed by atoms with Crippen molar-refractivity contribution in [2.75, 3.05) is 23.3 Å². The molecule has 36 heavy (non-hydrogen) atoms. The molecule has 1 N–H and O–H groups in total. The van der Waals surface area contributed by atoms with Gasteiger partial charge in [0, 0.05) is 25.9 Å². The van der Waals surface area contributed by atoms with Crippen LogP contribution in [0.5, 0.6) is 0 Å². The van der Waals surface area contributed by atoms with E-state index in [1.165, 1.54) is 4.68 Å². The summed E-state index contributed by atoms with van der Waals surface area (Å²) in [6.07, 6.45) is 4.65. The first kappa shape index (κ1) is 23.8.